The van der Waals surface area contributed by atoms with Gasteiger partial charge in [0.15, 0.2) is 0 Å². The first-order valence-corrected chi connectivity index (χ1v) is 8.67. The van der Waals surface area contributed by atoms with Gasteiger partial charge in [-0.3, -0.25) is 4.79 Å². The van der Waals surface area contributed by atoms with Gasteiger partial charge in [0.25, 0.3) is 0 Å². The van der Waals surface area contributed by atoms with Crippen molar-refractivity contribution < 1.29 is 14.3 Å². The summed E-state index contributed by atoms with van der Waals surface area (Å²) in [6, 6.07) is 3.48. The molecule has 0 radical (unpaired) electrons. The molecule has 3 heterocycles. The summed E-state index contributed by atoms with van der Waals surface area (Å²) in [6.07, 6.45) is 3.97. The summed E-state index contributed by atoms with van der Waals surface area (Å²) < 4.78 is 10.9. The Morgan fingerprint density at radius 1 is 1.12 bits per heavy atom. The molecule has 2 saturated heterocycles. The molecule has 2 fully saturated rings. The summed E-state index contributed by atoms with van der Waals surface area (Å²) in [7, 11) is 3.64. The van der Waals surface area contributed by atoms with E-state index in [-0.39, 0.29) is 17.9 Å². The van der Waals surface area contributed by atoms with E-state index in [1.807, 2.05) is 4.90 Å². The van der Waals surface area contributed by atoms with Crippen LogP contribution in [0.15, 0.2) is 12.1 Å². The van der Waals surface area contributed by atoms with Crippen molar-refractivity contribution in [1.29, 1.82) is 0 Å². The van der Waals surface area contributed by atoms with Crippen LogP contribution in [-0.4, -0.2) is 72.3 Å². The Hall–Kier alpha value is -1.89. The molecule has 0 aromatic carbocycles. The van der Waals surface area contributed by atoms with E-state index in [2.05, 4.69) is 22.1 Å². The maximum atomic E-state index is 12.8. The number of aromatic nitrogens is 2. The van der Waals surface area contributed by atoms with Crippen LogP contribution in [0.3, 0.4) is 0 Å². The second-order valence-corrected chi connectivity index (χ2v) is 6.68. The normalized spacial score (nSPS) is 25.3. The van der Waals surface area contributed by atoms with Crippen molar-refractivity contribution in [3.63, 3.8) is 0 Å². The molecular formula is C17H26N4O3. The molecule has 0 saturated carbocycles. The second kappa shape index (κ2) is 7.79. The summed E-state index contributed by atoms with van der Waals surface area (Å²) in [6.45, 7) is 3.41. The zero-order valence-corrected chi connectivity index (χ0v) is 14.5. The molecular weight excluding hydrogens is 308 g/mol. The minimum Gasteiger partial charge on any atom is -0.480 e. The molecule has 0 aliphatic carbocycles. The zero-order chi connectivity index (χ0) is 16.9. The lowest BCUT2D eigenvalue weighted by Gasteiger charge is -2.37. The van der Waals surface area contributed by atoms with E-state index in [0.717, 1.165) is 45.3 Å². The molecule has 2 unspecified atom stereocenters. The van der Waals surface area contributed by atoms with Crippen molar-refractivity contribution in [2.45, 2.75) is 31.8 Å². The molecule has 132 valence electrons. The highest BCUT2D eigenvalue weighted by atomic mass is 16.5. The molecule has 1 amide bonds. The van der Waals surface area contributed by atoms with E-state index in [1.165, 1.54) is 0 Å². The van der Waals surface area contributed by atoms with Gasteiger partial charge in [0.1, 0.15) is 6.10 Å². The molecule has 2 aliphatic rings. The third kappa shape index (κ3) is 4.14. The Morgan fingerprint density at radius 3 is 2.58 bits per heavy atom. The molecule has 3 rings (SSSR count). The smallest absolute Gasteiger partial charge is 0.233 e. The lowest BCUT2D eigenvalue weighted by Crippen LogP contribution is -2.49. The summed E-state index contributed by atoms with van der Waals surface area (Å²) >= 11 is 0. The third-order valence-electron chi connectivity index (χ3n) is 4.78. The van der Waals surface area contributed by atoms with Crippen molar-refractivity contribution in [3.05, 3.63) is 12.1 Å². The minimum atomic E-state index is -0.0216. The first-order valence-electron chi connectivity index (χ1n) is 8.67. The minimum absolute atomic E-state index is 0.0216. The number of hydrogen-bond donors (Lipinski definition) is 0. The van der Waals surface area contributed by atoms with Gasteiger partial charge in [-0.1, -0.05) is 0 Å². The number of likely N-dealkylation sites (tertiary alicyclic amines) is 2. The molecule has 2 aliphatic heterocycles. The van der Waals surface area contributed by atoms with Gasteiger partial charge in [-0.25, -0.2) is 0 Å². The number of carbonyl (C=O) groups excluding carboxylic acids is 1. The van der Waals surface area contributed by atoms with Crippen molar-refractivity contribution in [1.82, 2.24) is 20.0 Å². The summed E-state index contributed by atoms with van der Waals surface area (Å²) in [5.41, 5.74) is 0. The largest absolute Gasteiger partial charge is 0.480 e. The molecule has 0 spiro atoms. The van der Waals surface area contributed by atoms with Crippen LogP contribution in [0.5, 0.6) is 11.8 Å². The first kappa shape index (κ1) is 17.0. The highest BCUT2D eigenvalue weighted by Crippen LogP contribution is 2.22. The fourth-order valence-electron chi connectivity index (χ4n) is 3.51. The van der Waals surface area contributed by atoms with Gasteiger partial charge in [-0.05, 0) is 39.3 Å². The average molecular weight is 334 g/mol. The van der Waals surface area contributed by atoms with E-state index < -0.39 is 0 Å². The molecule has 7 heteroatoms. The van der Waals surface area contributed by atoms with E-state index in [9.17, 15) is 4.79 Å². The number of hydrogen-bond acceptors (Lipinski definition) is 6. The van der Waals surface area contributed by atoms with Crippen molar-refractivity contribution in [2.75, 3.05) is 40.3 Å². The fourth-order valence-corrected chi connectivity index (χ4v) is 3.51. The predicted octanol–water partition coefficient (Wildman–Crippen LogP) is 1.20. The summed E-state index contributed by atoms with van der Waals surface area (Å²) in [5.74, 6) is 1.34. The van der Waals surface area contributed by atoms with Gasteiger partial charge in [0, 0.05) is 25.2 Å². The first-order chi connectivity index (χ1) is 11.7. The van der Waals surface area contributed by atoms with Gasteiger partial charge < -0.3 is 19.3 Å². The van der Waals surface area contributed by atoms with Gasteiger partial charge >= 0.3 is 0 Å². The molecule has 1 aromatic rings. The second-order valence-electron chi connectivity index (χ2n) is 6.68. The van der Waals surface area contributed by atoms with E-state index in [1.54, 1.807) is 19.2 Å². The van der Waals surface area contributed by atoms with Gasteiger partial charge in [0.2, 0.25) is 17.7 Å². The SMILES string of the molecule is COc1ccc(OC2CCCN(C(=O)C3CCCN(C)C3)C2)nn1. The quantitative estimate of drug-likeness (QED) is 0.824. The van der Waals surface area contributed by atoms with Gasteiger partial charge in [-0.2, -0.15) is 0 Å². The molecule has 0 N–H and O–H groups in total. The topological polar surface area (TPSA) is 67.8 Å². The maximum Gasteiger partial charge on any atom is 0.233 e. The Bertz CT molecular complexity index is 551. The fraction of sp³-hybridized carbons (Fsp3) is 0.706. The number of methoxy groups -OCH3 is 1. The van der Waals surface area contributed by atoms with Crippen LogP contribution in [0.2, 0.25) is 0 Å². The van der Waals surface area contributed by atoms with Crippen molar-refractivity contribution >= 4 is 5.91 Å². The predicted molar refractivity (Wildman–Crippen MR) is 89.0 cm³/mol. The molecule has 2 atom stereocenters. The zero-order valence-electron chi connectivity index (χ0n) is 14.5. The van der Waals surface area contributed by atoms with Crippen LogP contribution in [0.25, 0.3) is 0 Å². The average Bonchev–Trinajstić information content (AvgIpc) is 2.62. The van der Waals surface area contributed by atoms with E-state index in [4.69, 9.17) is 9.47 Å². The number of ether oxygens (including phenoxy) is 2. The van der Waals surface area contributed by atoms with Crippen LogP contribution < -0.4 is 9.47 Å². The third-order valence-corrected chi connectivity index (χ3v) is 4.78. The summed E-state index contributed by atoms with van der Waals surface area (Å²) in [5, 5.41) is 7.92. The van der Waals surface area contributed by atoms with Crippen LogP contribution in [0, 0.1) is 5.92 Å². The monoisotopic (exact) mass is 334 g/mol. The lowest BCUT2D eigenvalue weighted by molar-refractivity contribution is -0.139. The summed E-state index contributed by atoms with van der Waals surface area (Å²) in [4.78, 5) is 17.0. The van der Waals surface area contributed by atoms with Crippen LogP contribution >= 0.6 is 0 Å². The lowest BCUT2D eigenvalue weighted by atomic mass is 9.95. The van der Waals surface area contributed by atoms with E-state index >= 15 is 0 Å². The highest BCUT2D eigenvalue weighted by molar-refractivity contribution is 5.79. The van der Waals surface area contributed by atoms with Crippen LogP contribution in [0.1, 0.15) is 25.7 Å². The number of carbonyl (C=O) groups is 1. The highest BCUT2D eigenvalue weighted by Gasteiger charge is 2.31. The Balaban J connectivity index is 1.56. The standard InChI is InChI=1S/C17H26N4O3/c1-20-9-3-5-13(11-20)17(22)21-10-4-6-14(12-21)24-16-8-7-15(23-2)18-19-16/h7-8,13-14H,3-6,9-12H2,1-2H3. The Labute approximate surface area is 142 Å². The number of rotatable bonds is 4. The van der Waals surface area contributed by atoms with Crippen LogP contribution in [0.4, 0.5) is 0 Å². The van der Waals surface area contributed by atoms with Crippen molar-refractivity contribution in [2.24, 2.45) is 5.92 Å². The van der Waals surface area contributed by atoms with Crippen LogP contribution in [-0.2, 0) is 4.79 Å². The molecule has 0 bridgehead atoms. The Morgan fingerprint density at radius 2 is 1.88 bits per heavy atom. The molecule has 7 nitrogen and oxygen atoms in total. The van der Waals surface area contributed by atoms with Gasteiger partial charge in [-0.15, -0.1) is 10.2 Å². The number of amides is 1. The maximum absolute atomic E-state index is 12.8. The Kier molecular flexibility index (Phi) is 5.50. The van der Waals surface area contributed by atoms with E-state index in [0.29, 0.717) is 18.3 Å². The van der Waals surface area contributed by atoms with Crippen molar-refractivity contribution in [3.8, 4) is 11.8 Å². The molecule has 24 heavy (non-hydrogen) atoms. The number of piperidine rings is 2. The van der Waals surface area contributed by atoms with Gasteiger partial charge in [0.05, 0.1) is 19.6 Å². The molecule has 1 aromatic heterocycles. The number of nitrogens with zero attached hydrogens (tertiary/aromatic N) is 4.